The zero-order valence-electron chi connectivity index (χ0n) is 13.5. The fraction of sp³-hybridized carbons (Fsp3) is 0.211. The van der Waals surface area contributed by atoms with Crippen molar-refractivity contribution in [2.24, 2.45) is 7.05 Å². The molecular weight excluding hydrogens is 304 g/mol. The van der Waals surface area contributed by atoms with Crippen LogP contribution in [0.5, 0.6) is 5.75 Å². The molecule has 1 amide bonds. The molecule has 0 spiro atoms. The number of hydrogen-bond acceptors (Lipinski definition) is 3. The van der Waals surface area contributed by atoms with Crippen LogP contribution < -0.4 is 10.1 Å². The van der Waals surface area contributed by atoms with Gasteiger partial charge in [0.15, 0.2) is 6.61 Å². The van der Waals surface area contributed by atoms with Crippen molar-refractivity contribution in [3.8, 4) is 5.75 Å². The Labute approximate surface area is 140 Å². The number of para-hydroxylation sites is 2. The van der Waals surface area contributed by atoms with E-state index in [0.29, 0.717) is 5.75 Å². The average Bonchev–Trinajstić information content (AvgIpc) is 2.96. The lowest BCUT2D eigenvalue weighted by molar-refractivity contribution is -0.123. The van der Waals surface area contributed by atoms with E-state index < -0.39 is 6.10 Å². The number of nitrogens with zero attached hydrogens (tertiary/aromatic N) is 1. The summed E-state index contributed by atoms with van der Waals surface area (Å²) in [6, 6.07) is 17.0. The molecule has 1 atom stereocenters. The fourth-order valence-electron chi connectivity index (χ4n) is 2.68. The molecule has 5 heteroatoms. The van der Waals surface area contributed by atoms with Crippen LogP contribution in [0.25, 0.3) is 10.9 Å². The summed E-state index contributed by atoms with van der Waals surface area (Å²) < 4.78 is 7.35. The van der Waals surface area contributed by atoms with E-state index in [1.165, 1.54) is 0 Å². The summed E-state index contributed by atoms with van der Waals surface area (Å²) in [5.74, 6) is 0.375. The van der Waals surface area contributed by atoms with Gasteiger partial charge < -0.3 is 19.7 Å². The molecule has 24 heavy (non-hydrogen) atoms. The Kier molecular flexibility index (Phi) is 4.82. The summed E-state index contributed by atoms with van der Waals surface area (Å²) in [4.78, 5) is 11.9. The van der Waals surface area contributed by atoms with Crippen LogP contribution in [0.3, 0.4) is 0 Å². The van der Waals surface area contributed by atoms with Crippen LogP contribution >= 0.6 is 0 Å². The van der Waals surface area contributed by atoms with Gasteiger partial charge in [-0.05, 0) is 18.2 Å². The van der Waals surface area contributed by atoms with E-state index in [1.807, 2.05) is 60.3 Å². The lowest BCUT2D eigenvalue weighted by Crippen LogP contribution is -2.32. The van der Waals surface area contributed by atoms with Crippen LogP contribution in [0.4, 0.5) is 0 Å². The molecule has 3 rings (SSSR count). The Hall–Kier alpha value is -2.79. The molecule has 0 aliphatic heterocycles. The van der Waals surface area contributed by atoms with Gasteiger partial charge in [-0.15, -0.1) is 0 Å². The standard InChI is InChI=1S/C19H20N2O3/c1-21-12-16(15-9-5-6-10-17(15)21)18(22)11-20-19(23)13-24-14-7-3-2-4-8-14/h2-10,12,18,22H,11,13H2,1H3,(H,20,23). The number of rotatable bonds is 6. The molecule has 2 aromatic carbocycles. The molecule has 0 saturated carbocycles. The summed E-state index contributed by atoms with van der Waals surface area (Å²) in [6.45, 7) is 0.0667. The van der Waals surface area contributed by atoms with Gasteiger partial charge in [0.25, 0.3) is 5.91 Å². The lowest BCUT2D eigenvalue weighted by atomic mass is 10.1. The van der Waals surface area contributed by atoms with Gasteiger partial charge in [-0.25, -0.2) is 0 Å². The van der Waals surface area contributed by atoms with E-state index in [4.69, 9.17) is 4.74 Å². The van der Waals surface area contributed by atoms with Crippen LogP contribution in [0.2, 0.25) is 0 Å². The molecule has 1 aromatic heterocycles. The number of nitrogens with one attached hydrogen (secondary N) is 1. The molecule has 1 heterocycles. The van der Waals surface area contributed by atoms with Crippen molar-refractivity contribution in [2.45, 2.75) is 6.10 Å². The number of ether oxygens (including phenoxy) is 1. The highest BCUT2D eigenvalue weighted by Gasteiger charge is 2.15. The molecule has 1 unspecified atom stereocenters. The molecule has 124 valence electrons. The van der Waals surface area contributed by atoms with Crippen molar-refractivity contribution in [1.82, 2.24) is 9.88 Å². The molecule has 0 radical (unpaired) electrons. The maximum Gasteiger partial charge on any atom is 0.258 e. The van der Waals surface area contributed by atoms with Gasteiger partial charge in [0.05, 0.1) is 6.10 Å². The number of aliphatic hydroxyl groups excluding tert-OH is 1. The zero-order chi connectivity index (χ0) is 16.9. The first-order valence-electron chi connectivity index (χ1n) is 7.81. The van der Waals surface area contributed by atoms with Crippen molar-refractivity contribution >= 4 is 16.8 Å². The second-order valence-electron chi connectivity index (χ2n) is 5.63. The molecule has 0 fully saturated rings. The molecule has 0 saturated heterocycles. The first kappa shape index (κ1) is 16.1. The summed E-state index contributed by atoms with van der Waals surface area (Å²) >= 11 is 0. The third-order valence-corrected chi connectivity index (χ3v) is 3.89. The molecular formula is C19H20N2O3. The first-order chi connectivity index (χ1) is 11.6. The SMILES string of the molecule is Cn1cc(C(O)CNC(=O)COc2ccccc2)c2ccccc21. The van der Waals surface area contributed by atoms with Gasteiger partial charge in [0, 0.05) is 36.3 Å². The van der Waals surface area contributed by atoms with E-state index in [9.17, 15) is 9.90 Å². The Morgan fingerprint density at radius 1 is 1.17 bits per heavy atom. The molecule has 5 nitrogen and oxygen atoms in total. The van der Waals surface area contributed by atoms with E-state index in [0.717, 1.165) is 16.5 Å². The smallest absolute Gasteiger partial charge is 0.258 e. The van der Waals surface area contributed by atoms with Gasteiger partial charge in [-0.2, -0.15) is 0 Å². The fourth-order valence-corrected chi connectivity index (χ4v) is 2.68. The minimum atomic E-state index is -0.767. The normalized spacial score (nSPS) is 12.1. The highest BCUT2D eigenvalue weighted by molar-refractivity contribution is 5.84. The second kappa shape index (κ2) is 7.19. The summed E-state index contributed by atoms with van der Waals surface area (Å²) in [5, 5.41) is 14.1. The number of carbonyl (C=O) groups is 1. The number of aliphatic hydroxyl groups is 1. The number of fused-ring (bicyclic) bond motifs is 1. The van der Waals surface area contributed by atoms with Gasteiger partial charge in [0.1, 0.15) is 5.75 Å². The maximum absolute atomic E-state index is 11.9. The summed E-state index contributed by atoms with van der Waals surface area (Å²) in [5.41, 5.74) is 1.85. The monoisotopic (exact) mass is 324 g/mol. The van der Waals surface area contributed by atoms with Crippen LogP contribution in [-0.4, -0.2) is 28.7 Å². The highest BCUT2D eigenvalue weighted by atomic mass is 16.5. The minimum Gasteiger partial charge on any atom is -0.484 e. The van der Waals surface area contributed by atoms with Crippen LogP contribution in [0, 0.1) is 0 Å². The van der Waals surface area contributed by atoms with Gasteiger partial charge in [-0.1, -0.05) is 36.4 Å². The van der Waals surface area contributed by atoms with Crippen LogP contribution in [0.1, 0.15) is 11.7 Å². The Bertz CT molecular complexity index is 827. The van der Waals surface area contributed by atoms with Crippen molar-refractivity contribution in [2.75, 3.05) is 13.2 Å². The number of amides is 1. The third-order valence-electron chi connectivity index (χ3n) is 3.89. The van der Waals surface area contributed by atoms with Gasteiger partial charge in [-0.3, -0.25) is 4.79 Å². The number of aryl methyl sites for hydroxylation is 1. The number of aromatic nitrogens is 1. The molecule has 0 aliphatic carbocycles. The van der Waals surface area contributed by atoms with E-state index in [2.05, 4.69) is 5.32 Å². The maximum atomic E-state index is 11.9. The van der Waals surface area contributed by atoms with E-state index in [-0.39, 0.29) is 19.1 Å². The largest absolute Gasteiger partial charge is 0.484 e. The predicted molar refractivity (Wildman–Crippen MR) is 92.8 cm³/mol. The first-order valence-corrected chi connectivity index (χ1v) is 7.81. The predicted octanol–water partition coefficient (Wildman–Crippen LogP) is 2.41. The Morgan fingerprint density at radius 2 is 1.88 bits per heavy atom. The highest BCUT2D eigenvalue weighted by Crippen LogP contribution is 2.25. The quantitative estimate of drug-likeness (QED) is 0.732. The van der Waals surface area contributed by atoms with Gasteiger partial charge in [0.2, 0.25) is 0 Å². The van der Waals surface area contributed by atoms with Gasteiger partial charge >= 0.3 is 0 Å². The zero-order valence-corrected chi connectivity index (χ0v) is 13.5. The van der Waals surface area contributed by atoms with Crippen LogP contribution in [0.15, 0.2) is 60.8 Å². The van der Waals surface area contributed by atoms with Crippen molar-refractivity contribution in [3.63, 3.8) is 0 Å². The molecule has 3 aromatic rings. The third kappa shape index (κ3) is 3.58. The average molecular weight is 324 g/mol. The second-order valence-corrected chi connectivity index (χ2v) is 5.63. The number of carbonyl (C=O) groups excluding carboxylic acids is 1. The number of hydrogen-bond donors (Lipinski definition) is 2. The topological polar surface area (TPSA) is 63.5 Å². The lowest BCUT2D eigenvalue weighted by Gasteiger charge is -2.12. The molecule has 0 aliphatic rings. The van der Waals surface area contributed by atoms with Crippen LogP contribution in [-0.2, 0) is 11.8 Å². The summed E-state index contributed by atoms with van der Waals surface area (Å²) in [7, 11) is 1.94. The Balaban J connectivity index is 1.56. The molecule has 2 N–H and O–H groups in total. The number of benzene rings is 2. The minimum absolute atomic E-state index is 0.0771. The molecule has 0 bridgehead atoms. The van der Waals surface area contributed by atoms with Crippen molar-refractivity contribution in [3.05, 3.63) is 66.4 Å². The van der Waals surface area contributed by atoms with E-state index >= 15 is 0 Å². The van der Waals surface area contributed by atoms with Crippen molar-refractivity contribution in [1.29, 1.82) is 0 Å². The summed E-state index contributed by atoms with van der Waals surface area (Å²) in [6.07, 6.45) is 1.12. The Morgan fingerprint density at radius 3 is 2.67 bits per heavy atom. The van der Waals surface area contributed by atoms with E-state index in [1.54, 1.807) is 12.1 Å². The van der Waals surface area contributed by atoms with Crippen molar-refractivity contribution < 1.29 is 14.6 Å².